The van der Waals surface area contributed by atoms with E-state index in [-0.39, 0.29) is 12.2 Å². The van der Waals surface area contributed by atoms with Gasteiger partial charge in [-0.15, -0.1) is 0 Å². The van der Waals surface area contributed by atoms with E-state index in [0.29, 0.717) is 17.8 Å². The van der Waals surface area contributed by atoms with Gasteiger partial charge in [0.05, 0.1) is 12.2 Å². The molecule has 0 radical (unpaired) electrons. The molecular weight excluding hydrogens is 464 g/mol. The lowest BCUT2D eigenvalue weighted by Gasteiger charge is -2.55. The van der Waals surface area contributed by atoms with Gasteiger partial charge in [-0.25, -0.2) is 0 Å². The first-order valence-electron chi connectivity index (χ1n) is 18.1. The van der Waals surface area contributed by atoms with Gasteiger partial charge in [0.2, 0.25) is 0 Å². The van der Waals surface area contributed by atoms with Gasteiger partial charge in [0.15, 0.2) is 0 Å². The molecule has 0 aromatic rings. The standard InChI is InChI=1S/C36H62O2/c37-33-22-21-30(34(27-17-9-3-10-18-27)35(33)28-19-11-4-12-20-28)29-23-31(25-13-5-1-6-14-25)36(38)32(24-29)26-15-7-2-8-16-26/h25-38H,1-24H2. The quantitative estimate of drug-likeness (QED) is 0.375. The van der Waals surface area contributed by atoms with E-state index in [4.69, 9.17) is 0 Å². The smallest absolute Gasteiger partial charge is 0.0602 e. The van der Waals surface area contributed by atoms with Gasteiger partial charge in [0.25, 0.3) is 0 Å². The molecule has 2 nitrogen and oxygen atoms in total. The van der Waals surface area contributed by atoms with Gasteiger partial charge < -0.3 is 10.2 Å². The van der Waals surface area contributed by atoms with Crippen LogP contribution in [0, 0.1) is 59.2 Å². The molecular formula is C36H62O2. The van der Waals surface area contributed by atoms with Crippen molar-refractivity contribution in [3.05, 3.63) is 0 Å². The molecule has 0 aromatic carbocycles. The summed E-state index contributed by atoms with van der Waals surface area (Å²) < 4.78 is 0. The van der Waals surface area contributed by atoms with Crippen LogP contribution >= 0.6 is 0 Å². The molecule has 0 saturated heterocycles. The van der Waals surface area contributed by atoms with E-state index in [2.05, 4.69) is 0 Å². The lowest BCUT2D eigenvalue weighted by molar-refractivity contribution is -0.116. The Morgan fingerprint density at radius 3 is 1.16 bits per heavy atom. The minimum Gasteiger partial charge on any atom is -0.393 e. The Bertz CT molecular complexity index is 668. The Hall–Kier alpha value is -0.0800. The highest BCUT2D eigenvalue weighted by Crippen LogP contribution is 2.57. The average Bonchev–Trinajstić information content (AvgIpc) is 2.99. The Morgan fingerprint density at radius 1 is 0.316 bits per heavy atom. The summed E-state index contributed by atoms with van der Waals surface area (Å²) >= 11 is 0. The SMILES string of the molecule is OC1CCC(C2CC(C3CCCCC3)C(O)C(C3CCCCC3)C2)C(C2CCCCC2)C1C1CCCCC1. The second-order valence-corrected chi connectivity index (χ2v) is 15.6. The molecule has 6 saturated carbocycles. The van der Waals surface area contributed by atoms with Gasteiger partial charge in [-0.1, -0.05) is 128 Å². The van der Waals surface area contributed by atoms with Gasteiger partial charge in [-0.05, 0) is 84.9 Å². The van der Waals surface area contributed by atoms with Crippen molar-refractivity contribution in [2.45, 2.75) is 166 Å². The van der Waals surface area contributed by atoms with Crippen LogP contribution in [-0.4, -0.2) is 22.4 Å². The highest BCUT2D eigenvalue weighted by atomic mass is 16.3. The van der Waals surface area contributed by atoms with Crippen LogP contribution in [0.1, 0.15) is 154 Å². The summed E-state index contributed by atoms with van der Waals surface area (Å²) in [4.78, 5) is 0. The normalized spacial score (nSPS) is 43.7. The molecule has 0 spiro atoms. The van der Waals surface area contributed by atoms with E-state index in [1.165, 1.54) is 148 Å². The van der Waals surface area contributed by atoms with E-state index < -0.39 is 0 Å². The minimum absolute atomic E-state index is 0.0334. The van der Waals surface area contributed by atoms with E-state index in [0.717, 1.165) is 47.8 Å². The van der Waals surface area contributed by atoms with Crippen molar-refractivity contribution < 1.29 is 10.2 Å². The molecule has 2 heteroatoms. The first-order chi connectivity index (χ1) is 18.7. The molecule has 0 aromatic heterocycles. The van der Waals surface area contributed by atoms with Crippen LogP contribution < -0.4 is 0 Å². The summed E-state index contributed by atoms with van der Waals surface area (Å²) in [6.07, 6.45) is 33.0. The average molecular weight is 527 g/mol. The number of aliphatic hydroxyl groups is 2. The molecule has 0 aliphatic heterocycles. The molecule has 218 valence electrons. The number of aliphatic hydroxyl groups excluding tert-OH is 2. The summed E-state index contributed by atoms with van der Waals surface area (Å²) in [6, 6.07) is 0. The monoisotopic (exact) mass is 526 g/mol. The van der Waals surface area contributed by atoms with Crippen molar-refractivity contribution in [2.75, 3.05) is 0 Å². The van der Waals surface area contributed by atoms with Gasteiger partial charge in [0, 0.05) is 0 Å². The minimum atomic E-state index is -0.0428. The second kappa shape index (κ2) is 13.3. The predicted octanol–water partition coefficient (Wildman–Crippen LogP) is 9.31. The molecule has 6 rings (SSSR count). The Labute approximate surface area is 235 Å². The molecule has 6 unspecified atom stereocenters. The second-order valence-electron chi connectivity index (χ2n) is 15.6. The fourth-order valence-electron chi connectivity index (χ4n) is 12.0. The van der Waals surface area contributed by atoms with E-state index in [1.54, 1.807) is 0 Å². The highest BCUT2D eigenvalue weighted by molar-refractivity contribution is 5.01. The summed E-state index contributed by atoms with van der Waals surface area (Å²) in [7, 11) is 0. The Kier molecular flexibility index (Phi) is 9.80. The molecule has 6 aliphatic carbocycles. The fraction of sp³-hybridized carbons (Fsp3) is 1.00. The highest BCUT2D eigenvalue weighted by Gasteiger charge is 2.52. The number of rotatable bonds is 5. The van der Waals surface area contributed by atoms with Gasteiger partial charge >= 0.3 is 0 Å². The third kappa shape index (κ3) is 6.07. The zero-order chi connectivity index (χ0) is 25.9. The van der Waals surface area contributed by atoms with Crippen molar-refractivity contribution in [2.24, 2.45) is 59.2 Å². The molecule has 0 heterocycles. The van der Waals surface area contributed by atoms with Crippen LogP contribution in [0.5, 0.6) is 0 Å². The predicted molar refractivity (Wildman–Crippen MR) is 158 cm³/mol. The third-order valence-electron chi connectivity index (χ3n) is 13.7. The van der Waals surface area contributed by atoms with Crippen molar-refractivity contribution in [1.29, 1.82) is 0 Å². The largest absolute Gasteiger partial charge is 0.393 e. The van der Waals surface area contributed by atoms with Gasteiger partial charge in [-0.3, -0.25) is 0 Å². The van der Waals surface area contributed by atoms with Gasteiger partial charge in [-0.2, -0.15) is 0 Å². The third-order valence-corrected chi connectivity index (χ3v) is 13.7. The number of hydrogen-bond donors (Lipinski definition) is 2. The van der Waals surface area contributed by atoms with Crippen LogP contribution in [0.15, 0.2) is 0 Å². The molecule has 6 fully saturated rings. The zero-order valence-corrected chi connectivity index (χ0v) is 24.8. The molecule has 38 heavy (non-hydrogen) atoms. The first-order valence-corrected chi connectivity index (χ1v) is 18.1. The van der Waals surface area contributed by atoms with Gasteiger partial charge in [0.1, 0.15) is 0 Å². The van der Waals surface area contributed by atoms with E-state index >= 15 is 0 Å². The molecule has 6 atom stereocenters. The van der Waals surface area contributed by atoms with E-state index in [1.807, 2.05) is 0 Å². The van der Waals surface area contributed by atoms with Crippen molar-refractivity contribution in [3.8, 4) is 0 Å². The fourth-order valence-corrected chi connectivity index (χ4v) is 12.0. The molecule has 6 aliphatic rings. The Morgan fingerprint density at radius 2 is 0.711 bits per heavy atom. The number of hydrogen-bond acceptors (Lipinski definition) is 2. The summed E-state index contributed by atoms with van der Waals surface area (Å²) in [5.41, 5.74) is 0. The summed E-state index contributed by atoms with van der Waals surface area (Å²) in [6.45, 7) is 0. The van der Waals surface area contributed by atoms with Crippen LogP contribution in [-0.2, 0) is 0 Å². The maximum Gasteiger partial charge on any atom is 0.0602 e. The van der Waals surface area contributed by atoms with E-state index in [9.17, 15) is 10.2 Å². The molecule has 2 N–H and O–H groups in total. The zero-order valence-electron chi connectivity index (χ0n) is 24.8. The topological polar surface area (TPSA) is 40.5 Å². The van der Waals surface area contributed by atoms with Crippen LogP contribution in [0.2, 0.25) is 0 Å². The van der Waals surface area contributed by atoms with Crippen molar-refractivity contribution in [3.63, 3.8) is 0 Å². The van der Waals surface area contributed by atoms with Crippen molar-refractivity contribution >= 4 is 0 Å². The van der Waals surface area contributed by atoms with Crippen molar-refractivity contribution in [1.82, 2.24) is 0 Å². The molecule has 0 amide bonds. The lowest BCUT2D eigenvalue weighted by Crippen LogP contribution is -2.52. The van der Waals surface area contributed by atoms with Crippen LogP contribution in [0.4, 0.5) is 0 Å². The lowest BCUT2D eigenvalue weighted by atomic mass is 9.51. The first kappa shape index (κ1) is 28.1. The van der Waals surface area contributed by atoms with Crippen LogP contribution in [0.25, 0.3) is 0 Å². The maximum atomic E-state index is 12.0. The maximum absolute atomic E-state index is 12.0. The Balaban J connectivity index is 1.29. The molecule has 0 bridgehead atoms. The van der Waals surface area contributed by atoms with Crippen LogP contribution in [0.3, 0.4) is 0 Å². The summed E-state index contributed by atoms with van der Waals surface area (Å²) in [5, 5.41) is 23.7. The summed E-state index contributed by atoms with van der Waals surface area (Å²) in [5.74, 6) is 7.30.